The molecule has 0 spiro atoms. The fourth-order valence-corrected chi connectivity index (χ4v) is 4.86. The highest BCUT2D eigenvalue weighted by Gasteiger charge is 2.40. The minimum atomic E-state index is 0.666. The lowest BCUT2D eigenvalue weighted by Crippen LogP contribution is -2.43. The number of halogens is 2. The Morgan fingerprint density at radius 1 is 1.15 bits per heavy atom. The van der Waals surface area contributed by atoms with Crippen LogP contribution in [0.5, 0.6) is 0 Å². The second-order valence-electron chi connectivity index (χ2n) is 5.85. The zero-order valence-electron chi connectivity index (χ0n) is 11.1. The van der Waals surface area contributed by atoms with Crippen LogP contribution in [0.25, 0.3) is 10.9 Å². The monoisotopic (exact) mass is 350 g/mol. The number of nitrogens with zero attached hydrogens (tertiary/aromatic N) is 2. The van der Waals surface area contributed by atoms with Crippen LogP contribution in [0.4, 0.5) is 5.69 Å². The lowest BCUT2D eigenvalue weighted by Gasteiger charge is -2.39. The molecule has 4 rings (SSSR count). The van der Waals surface area contributed by atoms with Gasteiger partial charge < -0.3 is 4.90 Å². The molecule has 2 fully saturated rings. The number of hydrogen-bond acceptors (Lipinski definition) is 2. The van der Waals surface area contributed by atoms with E-state index in [-0.39, 0.29) is 0 Å². The van der Waals surface area contributed by atoms with Gasteiger partial charge in [0.15, 0.2) is 0 Å². The smallest absolute Gasteiger partial charge is 0.0737 e. The summed E-state index contributed by atoms with van der Waals surface area (Å²) in [5.41, 5.74) is 2.33. The van der Waals surface area contributed by atoms with Crippen LogP contribution in [0.15, 0.2) is 30.5 Å². The van der Waals surface area contributed by atoms with Crippen LogP contribution in [-0.2, 0) is 0 Å². The molecule has 0 saturated carbocycles. The molecule has 104 valence electrons. The van der Waals surface area contributed by atoms with Crippen molar-refractivity contribution in [2.45, 2.75) is 42.6 Å². The first kappa shape index (κ1) is 12.9. The average molecular weight is 352 g/mol. The zero-order valence-corrected chi connectivity index (χ0v) is 13.4. The van der Waals surface area contributed by atoms with Crippen molar-refractivity contribution < 1.29 is 0 Å². The SMILES string of the molecule is Clc1ccc2c(N3C4CCC3CC(Br)C4)ccnc2c1. The molecule has 2 aliphatic rings. The number of benzene rings is 1. The van der Waals surface area contributed by atoms with Crippen LogP contribution in [0, 0.1) is 0 Å². The Kier molecular flexibility index (Phi) is 3.15. The van der Waals surface area contributed by atoms with Gasteiger partial charge in [-0.25, -0.2) is 0 Å². The minimum absolute atomic E-state index is 0.666. The molecule has 2 aliphatic heterocycles. The van der Waals surface area contributed by atoms with Gasteiger partial charge in [0.1, 0.15) is 0 Å². The molecule has 2 nitrogen and oxygen atoms in total. The molecule has 20 heavy (non-hydrogen) atoms. The largest absolute Gasteiger partial charge is 0.365 e. The molecular weight excluding hydrogens is 336 g/mol. The van der Waals surface area contributed by atoms with E-state index >= 15 is 0 Å². The number of rotatable bonds is 1. The second kappa shape index (κ2) is 4.88. The van der Waals surface area contributed by atoms with Crippen molar-refractivity contribution >= 4 is 44.1 Å². The Morgan fingerprint density at radius 3 is 2.65 bits per heavy atom. The number of aromatic nitrogens is 1. The summed E-state index contributed by atoms with van der Waals surface area (Å²) in [4.78, 5) is 7.78. The van der Waals surface area contributed by atoms with Gasteiger partial charge in [-0.1, -0.05) is 27.5 Å². The first-order chi connectivity index (χ1) is 9.72. The Morgan fingerprint density at radius 2 is 1.90 bits per heavy atom. The molecule has 0 aliphatic carbocycles. The summed E-state index contributed by atoms with van der Waals surface area (Å²) in [6, 6.07) is 9.53. The Hall–Kier alpha value is -0.800. The van der Waals surface area contributed by atoms with Crippen molar-refractivity contribution in [2.24, 2.45) is 0 Å². The zero-order chi connectivity index (χ0) is 13.7. The van der Waals surface area contributed by atoms with E-state index < -0.39 is 0 Å². The molecule has 0 N–H and O–H groups in total. The topological polar surface area (TPSA) is 16.1 Å². The number of piperidine rings is 1. The van der Waals surface area contributed by atoms with Gasteiger partial charge in [0, 0.05) is 39.2 Å². The lowest BCUT2D eigenvalue weighted by atomic mass is 10.0. The maximum absolute atomic E-state index is 6.09. The molecular formula is C16H16BrClN2. The molecule has 0 radical (unpaired) electrons. The second-order valence-corrected chi connectivity index (χ2v) is 7.58. The summed E-state index contributed by atoms with van der Waals surface area (Å²) in [6.45, 7) is 0. The molecule has 1 aromatic carbocycles. The summed E-state index contributed by atoms with van der Waals surface area (Å²) in [5.74, 6) is 0. The van der Waals surface area contributed by atoms with E-state index in [1.54, 1.807) is 0 Å². The summed E-state index contributed by atoms with van der Waals surface area (Å²) in [5, 5.41) is 1.98. The third-order valence-electron chi connectivity index (χ3n) is 4.64. The van der Waals surface area contributed by atoms with Crippen molar-refractivity contribution in [1.82, 2.24) is 4.98 Å². The standard InChI is InChI=1S/C16H16BrClN2/c17-10-7-12-2-3-13(8-10)20(12)16-5-6-19-15-9-11(18)1-4-14(15)16/h1,4-6,9-10,12-13H,2-3,7-8H2. The lowest BCUT2D eigenvalue weighted by molar-refractivity contribution is 0.484. The molecule has 4 heteroatoms. The quantitative estimate of drug-likeness (QED) is 0.687. The third-order valence-corrected chi connectivity index (χ3v) is 5.62. The predicted molar refractivity (Wildman–Crippen MR) is 88.0 cm³/mol. The summed E-state index contributed by atoms with van der Waals surface area (Å²) in [7, 11) is 0. The molecule has 2 saturated heterocycles. The van der Waals surface area contributed by atoms with Crippen LogP contribution < -0.4 is 4.90 Å². The van der Waals surface area contributed by atoms with Crippen LogP contribution in [0.3, 0.4) is 0 Å². The molecule has 0 amide bonds. The van der Waals surface area contributed by atoms with E-state index in [4.69, 9.17) is 11.6 Å². The number of alkyl halides is 1. The van der Waals surface area contributed by atoms with Gasteiger partial charge >= 0.3 is 0 Å². The Balaban J connectivity index is 1.83. The molecule has 1 aromatic heterocycles. The summed E-state index contributed by atoms with van der Waals surface area (Å²) >= 11 is 9.90. The van der Waals surface area contributed by atoms with Crippen LogP contribution in [-0.4, -0.2) is 21.9 Å². The molecule has 3 heterocycles. The van der Waals surface area contributed by atoms with E-state index in [0.29, 0.717) is 16.9 Å². The van der Waals surface area contributed by atoms with Gasteiger partial charge in [-0.3, -0.25) is 4.98 Å². The maximum atomic E-state index is 6.09. The van der Waals surface area contributed by atoms with Gasteiger partial charge in [0.05, 0.1) is 5.52 Å². The van der Waals surface area contributed by atoms with Crippen molar-refractivity contribution in [2.75, 3.05) is 4.90 Å². The number of hydrogen-bond donors (Lipinski definition) is 0. The van der Waals surface area contributed by atoms with Gasteiger partial charge in [-0.05, 0) is 49.9 Å². The molecule has 2 bridgehead atoms. The number of anilines is 1. The van der Waals surface area contributed by atoms with Gasteiger partial charge in [0.25, 0.3) is 0 Å². The summed E-state index contributed by atoms with van der Waals surface area (Å²) < 4.78 is 0. The highest BCUT2D eigenvalue weighted by molar-refractivity contribution is 9.09. The van der Waals surface area contributed by atoms with Gasteiger partial charge in [-0.2, -0.15) is 0 Å². The highest BCUT2D eigenvalue weighted by Crippen LogP contribution is 2.43. The van der Waals surface area contributed by atoms with Crippen LogP contribution in [0.1, 0.15) is 25.7 Å². The fourth-order valence-electron chi connectivity index (χ4n) is 3.84. The van der Waals surface area contributed by atoms with Crippen LogP contribution in [0.2, 0.25) is 5.02 Å². The van der Waals surface area contributed by atoms with E-state index in [1.807, 2.05) is 18.3 Å². The first-order valence-corrected chi connectivity index (χ1v) is 8.48. The van der Waals surface area contributed by atoms with E-state index in [1.165, 1.54) is 36.8 Å². The predicted octanol–water partition coefficient (Wildman–Crippen LogP) is 4.78. The van der Waals surface area contributed by atoms with E-state index in [0.717, 1.165) is 10.5 Å². The van der Waals surface area contributed by atoms with Gasteiger partial charge in [0.2, 0.25) is 0 Å². The van der Waals surface area contributed by atoms with Crippen molar-refractivity contribution in [3.05, 3.63) is 35.5 Å². The maximum Gasteiger partial charge on any atom is 0.0737 e. The Bertz CT molecular complexity index is 646. The van der Waals surface area contributed by atoms with Crippen molar-refractivity contribution in [1.29, 1.82) is 0 Å². The minimum Gasteiger partial charge on any atom is -0.365 e. The van der Waals surface area contributed by atoms with Crippen LogP contribution >= 0.6 is 27.5 Å². The first-order valence-electron chi connectivity index (χ1n) is 7.19. The normalized spacial score (nSPS) is 29.1. The fraction of sp³-hybridized carbons (Fsp3) is 0.438. The van der Waals surface area contributed by atoms with Crippen molar-refractivity contribution in [3.8, 4) is 0 Å². The van der Waals surface area contributed by atoms with E-state index in [2.05, 4.69) is 37.9 Å². The number of fused-ring (bicyclic) bond motifs is 3. The molecule has 2 aromatic rings. The molecule has 2 unspecified atom stereocenters. The Labute approximate surface area is 132 Å². The molecule has 2 atom stereocenters. The average Bonchev–Trinajstić information content (AvgIpc) is 2.69. The van der Waals surface area contributed by atoms with Gasteiger partial charge in [-0.15, -0.1) is 0 Å². The van der Waals surface area contributed by atoms with Crippen molar-refractivity contribution in [3.63, 3.8) is 0 Å². The third kappa shape index (κ3) is 2.03. The summed E-state index contributed by atoms with van der Waals surface area (Å²) in [6.07, 6.45) is 7.02. The highest BCUT2D eigenvalue weighted by atomic mass is 79.9. The number of pyridine rings is 1. The van der Waals surface area contributed by atoms with E-state index in [9.17, 15) is 0 Å².